The highest BCUT2D eigenvalue weighted by Gasteiger charge is 2.34. The molecule has 0 fully saturated rings. The number of rotatable bonds is 2. The lowest BCUT2D eigenvalue weighted by Crippen LogP contribution is -2.13. The van der Waals surface area contributed by atoms with E-state index in [1.54, 1.807) is 0 Å². The van der Waals surface area contributed by atoms with Crippen LogP contribution in [0.5, 0.6) is 0 Å². The molecule has 0 amide bonds. The molecule has 0 atom stereocenters. The second kappa shape index (κ2) is 5.73. The third-order valence-electron chi connectivity index (χ3n) is 2.90. The Kier molecular flexibility index (Phi) is 3.88. The Hall–Kier alpha value is -2.29. The standard InChI is InChI=1S/C14H7BrF4N4/c15-9-6-20-23(7-9)13-21-11(5-12(22-13)14(17,18)19)8-1-3-10(16)4-2-8/h1-7H. The second-order valence-electron chi connectivity index (χ2n) is 4.55. The first kappa shape index (κ1) is 15.6. The van der Waals surface area contributed by atoms with Crippen LogP contribution in [0, 0.1) is 5.82 Å². The van der Waals surface area contributed by atoms with Gasteiger partial charge in [0, 0.05) is 11.8 Å². The van der Waals surface area contributed by atoms with Crippen LogP contribution >= 0.6 is 15.9 Å². The van der Waals surface area contributed by atoms with Crippen molar-refractivity contribution < 1.29 is 17.6 Å². The predicted octanol–water partition coefficient (Wildman–Crippen LogP) is 4.25. The van der Waals surface area contributed by atoms with Crippen LogP contribution in [0.15, 0.2) is 47.2 Å². The van der Waals surface area contributed by atoms with Gasteiger partial charge in [-0.3, -0.25) is 0 Å². The Labute approximate surface area is 135 Å². The van der Waals surface area contributed by atoms with Crippen LogP contribution in [0.2, 0.25) is 0 Å². The lowest BCUT2D eigenvalue weighted by Gasteiger charge is -2.10. The van der Waals surface area contributed by atoms with Crippen LogP contribution < -0.4 is 0 Å². The van der Waals surface area contributed by atoms with E-state index in [9.17, 15) is 17.6 Å². The molecule has 0 bridgehead atoms. The van der Waals surface area contributed by atoms with Crippen LogP contribution in [-0.2, 0) is 6.18 Å². The Bertz CT molecular complexity index is 843. The summed E-state index contributed by atoms with van der Waals surface area (Å²) in [5.41, 5.74) is -0.742. The molecule has 2 heterocycles. The van der Waals surface area contributed by atoms with Gasteiger partial charge in [0.25, 0.3) is 5.95 Å². The normalized spacial score (nSPS) is 11.7. The van der Waals surface area contributed by atoms with Crippen molar-refractivity contribution in [3.05, 3.63) is 58.7 Å². The highest BCUT2D eigenvalue weighted by atomic mass is 79.9. The molecule has 0 aliphatic carbocycles. The maximum Gasteiger partial charge on any atom is 0.433 e. The highest BCUT2D eigenvalue weighted by molar-refractivity contribution is 9.10. The van der Waals surface area contributed by atoms with E-state index >= 15 is 0 Å². The molecule has 0 unspecified atom stereocenters. The number of aromatic nitrogens is 4. The van der Waals surface area contributed by atoms with Crippen molar-refractivity contribution in [3.63, 3.8) is 0 Å². The number of alkyl halides is 3. The Balaban J connectivity index is 2.17. The van der Waals surface area contributed by atoms with Crippen LogP contribution in [0.25, 0.3) is 17.2 Å². The van der Waals surface area contributed by atoms with Gasteiger partial charge in [0.15, 0.2) is 5.69 Å². The monoisotopic (exact) mass is 386 g/mol. The quantitative estimate of drug-likeness (QED) is 0.618. The second-order valence-corrected chi connectivity index (χ2v) is 5.46. The van der Waals surface area contributed by atoms with Gasteiger partial charge in [-0.1, -0.05) is 0 Å². The Morgan fingerprint density at radius 2 is 1.74 bits per heavy atom. The van der Waals surface area contributed by atoms with Gasteiger partial charge in [0.1, 0.15) is 5.82 Å². The van der Waals surface area contributed by atoms with Crippen LogP contribution in [0.3, 0.4) is 0 Å². The van der Waals surface area contributed by atoms with Gasteiger partial charge in [-0.25, -0.2) is 19.0 Å². The van der Waals surface area contributed by atoms with Crippen molar-refractivity contribution >= 4 is 15.9 Å². The zero-order chi connectivity index (χ0) is 16.6. The Morgan fingerprint density at radius 3 is 2.30 bits per heavy atom. The summed E-state index contributed by atoms with van der Waals surface area (Å²) in [6.07, 6.45) is -1.80. The van der Waals surface area contributed by atoms with E-state index < -0.39 is 17.7 Å². The van der Waals surface area contributed by atoms with Gasteiger partial charge in [0.2, 0.25) is 0 Å². The summed E-state index contributed by atoms with van der Waals surface area (Å²) >= 11 is 3.16. The van der Waals surface area contributed by atoms with E-state index in [0.29, 0.717) is 10.0 Å². The van der Waals surface area contributed by atoms with Gasteiger partial charge in [-0.15, -0.1) is 0 Å². The molecule has 2 aromatic heterocycles. The number of halogens is 5. The number of benzene rings is 1. The SMILES string of the molecule is Fc1ccc(-c2cc(C(F)(F)F)nc(-n3cc(Br)cn3)n2)cc1. The molecular weight excluding hydrogens is 380 g/mol. The van der Waals surface area contributed by atoms with Gasteiger partial charge in [-0.05, 0) is 46.3 Å². The van der Waals surface area contributed by atoms with Crippen LogP contribution in [-0.4, -0.2) is 19.7 Å². The van der Waals surface area contributed by atoms with Gasteiger partial charge < -0.3 is 0 Å². The molecule has 0 saturated heterocycles. The van der Waals surface area contributed by atoms with E-state index in [1.807, 2.05) is 0 Å². The molecule has 118 valence electrons. The molecule has 23 heavy (non-hydrogen) atoms. The first-order chi connectivity index (χ1) is 10.8. The zero-order valence-electron chi connectivity index (χ0n) is 11.2. The summed E-state index contributed by atoms with van der Waals surface area (Å²) in [4.78, 5) is 7.58. The third-order valence-corrected chi connectivity index (χ3v) is 3.31. The molecule has 4 nitrogen and oxygen atoms in total. The topological polar surface area (TPSA) is 43.6 Å². The molecule has 0 radical (unpaired) electrons. The van der Waals surface area contributed by atoms with Crippen molar-refractivity contribution in [1.29, 1.82) is 0 Å². The minimum Gasteiger partial charge on any atom is -0.211 e. The Morgan fingerprint density at radius 1 is 1.04 bits per heavy atom. The van der Waals surface area contributed by atoms with E-state index in [-0.39, 0.29) is 11.6 Å². The maximum absolute atomic E-state index is 13.1. The number of nitrogens with zero attached hydrogens (tertiary/aromatic N) is 4. The summed E-state index contributed by atoms with van der Waals surface area (Å²) in [7, 11) is 0. The fraction of sp³-hybridized carbons (Fsp3) is 0.0714. The fourth-order valence-electron chi connectivity index (χ4n) is 1.86. The largest absolute Gasteiger partial charge is 0.433 e. The van der Waals surface area contributed by atoms with E-state index in [0.717, 1.165) is 22.9 Å². The highest BCUT2D eigenvalue weighted by Crippen LogP contribution is 2.31. The number of hydrogen-bond acceptors (Lipinski definition) is 3. The molecule has 0 aliphatic heterocycles. The smallest absolute Gasteiger partial charge is 0.211 e. The summed E-state index contributed by atoms with van der Waals surface area (Å²) in [5.74, 6) is -0.722. The molecular formula is C14H7BrF4N4. The van der Waals surface area contributed by atoms with E-state index in [1.165, 1.54) is 24.5 Å². The molecule has 1 aromatic carbocycles. The van der Waals surface area contributed by atoms with Crippen molar-refractivity contribution in [3.8, 4) is 17.2 Å². The van der Waals surface area contributed by atoms with Crippen molar-refractivity contribution in [1.82, 2.24) is 19.7 Å². The molecule has 0 saturated carbocycles. The van der Waals surface area contributed by atoms with Crippen molar-refractivity contribution in [2.24, 2.45) is 0 Å². The van der Waals surface area contributed by atoms with E-state index in [4.69, 9.17) is 0 Å². The molecule has 0 aliphatic rings. The van der Waals surface area contributed by atoms with Gasteiger partial charge in [0.05, 0.1) is 16.4 Å². The molecule has 3 aromatic rings. The third kappa shape index (κ3) is 3.39. The van der Waals surface area contributed by atoms with Crippen molar-refractivity contribution in [2.75, 3.05) is 0 Å². The van der Waals surface area contributed by atoms with Crippen LogP contribution in [0.4, 0.5) is 17.6 Å². The lowest BCUT2D eigenvalue weighted by molar-refractivity contribution is -0.141. The zero-order valence-corrected chi connectivity index (χ0v) is 12.8. The van der Waals surface area contributed by atoms with Crippen molar-refractivity contribution in [2.45, 2.75) is 6.18 Å². The fourth-order valence-corrected chi connectivity index (χ4v) is 2.15. The molecule has 9 heteroatoms. The molecule has 3 rings (SSSR count). The lowest BCUT2D eigenvalue weighted by atomic mass is 10.1. The van der Waals surface area contributed by atoms with E-state index in [2.05, 4.69) is 31.0 Å². The van der Waals surface area contributed by atoms with Crippen LogP contribution in [0.1, 0.15) is 5.69 Å². The number of hydrogen-bond donors (Lipinski definition) is 0. The first-order valence-electron chi connectivity index (χ1n) is 6.26. The molecule has 0 spiro atoms. The van der Waals surface area contributed by atoms with Gasteiger partial charge >= 0.3 is 6.18 Å². The molecule has 0 N–H and O–H groups in total. The summed E-state index contributed by atoms with van der Waals surface area (Å²) in [5, 5.41) is 3.88. The van der Waals surface area contributed by atoms with Gasteiger partial charge in [-0.2, -0.15) is 18.3 Å². The average Bonchev–Trinajstić information content (AvgIpc) is 2.93. The predicted molar refractivity (Wildman–Crippen MR) is 77.2 cm³/mol. The minimum absolute atomic E-state index is 0.0222. The maximum atomic E-state index is 13.1. The summed E-state index contributed by atoms with van der Waals surface area (Å²) < 4.78 is 53.9. The summed E-state index contributed by atoms with van der Waals surface area (Å²) in [6, 6.07) is 5.81. The minimum atomic E-state index is -4.64. The average molecular weight is 387 g/mol. The first-order valence-corrected chi connectivity index (χ1v) is 7.05. The summed E-state index contributed by atoms with van der Waals surface area (Å²) in [6.45, 7) is 0.